The van der Waals surface area contributed by atoms with Gasteiger partial charge in [0.15, 0.2) is 5.78 Å². The van der Waals surface area contributed by atoms with Gasteiger partial charge in [-0.25, -0.2) is 0 Å². The summed E-state index contributed by atoms with van der Waals surface area (Å²) in [5, 5.41) is 10.9. The Morgan fingerprint density at radius 2 is 1.78 bits per heavy atom. The van der Waals surface area contributed by atoms with Gasteiger partial charge in [0.2, 0.25) is 6.54 Å². The molecule has 0 aliphatic heterocycles. The first-order chi connectivity index (χ1) is 11.1. The number of benzene rings is 2. The lowest BCUT2D eigenvalue weighted by molar-refractivity contribution is -0.487. The molecule has 0 aliphatic carbocycles. The van der Waals surface area contributed by atoms with E-state index in [0.717, 1.165) is 11.3 Å². The van der Waals surface area contributed by atoms with Crippen molar-refractivity contribution in [2.24, 2.45) is 5.92 Å². The number of ketones is 1. The fraction of sp³-hybridized carbons (Fsp3) is 0.278. The van der Waals surface area contributed by atoms with E-state index in [2.05, 4.69) is 0 Å². The van der Waals surface area contributed by atoms with E-state index in [4.69, 9.17) is 4.74 Å². The van der Waals surface area contributed by atoms with E-state index in [0.29, 0.717) is 12.0 Å². The Kier molecular flexibility index (Phi) is 5.86. The van der Waals surface area contributed by atoms with Crippen LogP contribution in [0.5, 0.6) is 5.75 Å². The Morgan fingerprint density at radius 3 is 2.35 bits per heavy atom. The minimum Gasteiger partial charge on any atom is -0.497 e. The first-order valence-corrected chi connectivity index (χ1v) is 7.41. The van der Waals surface area contributed by atoms with E-state index in [-0.39, 0.29) is 29.6 Å². The van der Waals surface area contributed by atoms with Crippen LogP contribution in [0, 0.1) is 16.0 Å². The maximum absolute atomic E-state index is 12.3. The minimum absolute atomic E-state index is 0.0639. The van der Waals surface area contributed by atoms with Crippen LogP contribution >= 0.6 is 0 Å². The van der Waals surface area contributed by atoms with Crippen molar-refractivity contribution in [3.8, 4) is 5.75 Å². The molecular formula is C18H19NO4. The number of carbonyl (C=O) groups excluding carboxylic acids is 1. The third-order valence-corrected chi connectivity index (χ3v) is 3.66. The number of nitro groups is 1. The highest BCUT2D eigenvalue weighted by molar-refractivity contribution is 5.96. The zero-order valence-electron chi connectivity index (χ0n) is 13.0. The number of hydrogen-bond donors (Lipinski definition) is 0. The summed E-state index contributed by atoms with van der Waals surface area (Å²) in [4.78, 5) is 22.8. The second kappa shape index (κ2) is 8.08. The molecule has 0 radical (unpaired) electrons. The molecule has 0 bridgehead atoms. The number of nitrogens with zero attached hydrogens (tertiary/aromatic N) is 1. The lowest BCUT2D eigenvalue weighted by atomic mass is 9.92. The Labute approximate surface area is 135 Å². The van der Waals surface area contributed by atoms with E-state index in [1.807, 2.05) is 30.3 Å². The van der Waals surface area contributed by atoms with Crippen molar-refractivity contribution in [1.29, 1.82) is 0 Å². The SMILES string of the molecule is COc1ccc(C[C@H](CC(=O)c2ccccc2)C[N+](=O)[O-])cc1. The van der Waals surface area contributed by atoms with Gasteiger partial charge in [0, 0.05) is 22.8 Å². The first kappa shape index (κ1) is 16.7. The zero-order valence-corrected chi connectivity index (χ0v) is 13.0. The molecule has 0 aliphatic rings. The van der Waals surface area contributed by atoms with Gasteiger partial charge >= 0.3 is 0 Å². The van der Waals surface area contributed by atoms with Crippen LogP contribution in [0.25, 0.3) is 0 Å². The number of carbonyl (C=O) groups is 1. The van der Waals surface area contributed by atoms with Crippen LogP contribution in [0.15, 0.2) is 54.6 Å². The van der Waals surface area contributed by atoms with Gasteiger partial charge in [0.1, 0.15) is 5.75 Å². The molecule has 23 heavy (non-hydrogen) atoms. The van der Waals surface area contributed by atoms with E-state index in [1.54, 1.807) is 31.4 Å². The fourth-order valence-electron chi connectivity index (χ4n) is 2.51. The first-order valence-electron chi connectivity index (χ1n) is 7.41. The molecule has 0 unspecified atom stereocenters. The molecule has 0 fully saturated rings. The summed E-state index contributed by atoms with van der Waals surface area (Å²) in [6.07, 6.45) is 0.653. The van der Waals surface area contributed by atoms with Crippen LogP contribution in [0.2, 0.25) is 0 Å². The molecule has 0 saturated carbocycles. The van der Waals surface area contributed by atoms with Crippen LogP contribution in [-0.2, 0) is 6.42 Å². The van der Waals surface area contributed by atoms with Crippen LogP contribution in [0.4, 0.5) is 0 Å². The van der Waals surface area contributed by atoms with Gasteiger partial charge in [-0.3, -0.25) is 14.9 Å². The predicted octanol–water partition coefficient (Wildman–Crippen LogP) is 3.40. The highest BCUT2D eigenvalue weighted by Crippen LogP contribution is 2.19. The molecule has 0 aromatic heterocycles. The molecule has 1 atom stereocenters. The molecule has 0 saturated heterocycles. The van der Waals surface area contributed by atoms with Crippen molar-refractivity contribution in [1.82, 2.24) is 0 Å². The summed E-state index contributed by atoms with van der Waals surface area (Å²) < 4.78 is 5.10. The lowest BCUT2D eigenvalue weighted by Gasteiger charge is -2.13. The summed E-state index contributed by atoms with van der Waals surface area (Å²) in [6, 6.07) is 16.3. The molecule has 0 N–H and O–H groups in total. The molecule has 120 valence electrons. The smallest absolute Gasteiger partial charge is 0.207 e. The third-order valence-electron chi connectivity index (χ3n) is 3.66. The fourth-order valence-corrected chi connectivity index (χ4v) is 2.51. The van der Waals surface area contributed by atoms with E-state index >= 15 is 0 Å². The van der Waals surface area contributed by atoms with Gasteiger partial charge in [0.25, 0.3) is 0 Å². The number of rotatable bonds is 8. The summed E-state index contributed by atoms with van der Waals surface area (Å²) in [6.45, 7) is -0.218. The second-order valence-electron chi connectivity index (χ2n) is 5.43. The quantitative estimate of drug-likeness (QED) is 0.425. The number of methoxy groups -OCH3 is 1. The van der Waals surface area contributed by atoms with Crippen LogP contribution in [-0.4, -0.2) is 24.4 Å². The second-order valence-corrected chi connectivity index (χ2v) is 5.43. The lowest BCUT2D eigenvalue weighted by Crippen LogP contribution is -2.20. The molecule has 5 heteroatoms. The largest absolute Gasteiger partial charge is 0.497 e. The standard InChI is InChI=1S/C18H19NO4/c1-23-17-9-7-14(8-10-17)11-15(13-19(21)22)12-18(20)16-5-3-2-4-6-16/h2-10,15H,11-13H2,1H3/t15-/m1/s1. The van der Waals surface area contributed by atoms with Gasteiger partial charge in [-0.15, -0.1) is 0 Å². The van der Waals surface area contributed by atoms with Crippen molar-refractivity contribution in [3.63, 3.8) is 0 Å². The van der Waals surface area contributed by atoms with Crippen molar-refractivity contribution >= 4 is 5.78 Å². The third kappa shape index (κ3) is 5.21. The molecular weight excluding hydrogens is 294 g/mol. The van der Waals surface area contributed by atoms with Gasteiger partial charge < -0.3 is 4.74 Å². The van der Waals surface area contributed by atoms with Crippen LogP contribution < -0.4 is 4.74 Å². The van der Waals surface area contributed by atoms with Gasteiger partial charge in [-0.2, -0.15) is 0 Å². The topological polar surface area (TPSA) is 69.4 Å². The Balaban J connectivity index is 2.06. The van der Waals surface area contributed by atoms with Crippen molar-refractivity contribution in [3.05, 3.63) is 75.8 Å². The Hall–Kier alpha value is -2.69. The van der Waals surface area contributed by atoms with Crippen molar-refractivity contribution < 1.29 is 14.5 Å². The molecule has 5 nitrogen and oxygen atoms in total. The Morgan fingerprint density at radius 1 is 1.13 bits per heavy atom. The number of Topliss-reactive ketones (excluding diaryl/α,β-unsaturated/α-hetero) is 1. The van der Waals surface area contributed by atoms with Crippen molar-refractivity contribution in [2.45, 2.75) is 12.8 Å². The van der Waals surface area contributed by atoms with Gasteiger partial charge in [-0.05, 0) is 24.1 Å². The molecule has 2 aromatic carbocycles. The molecule has 2 rings (SSSR count). The normalized spacial score (nSPS) is 11.7. The number of ether oxygens (including phenoxy) is 1. The van der Waals surface area contributed by atoms with Gasteiger partial charge in [0.05, 0.1) is 7.11 Å². The maximum atomic E-state index is 12.3. The monoisotopic (exact) mass is 313 g/mol. The molecule has 0 heterocycles. The maximum Gasteiger partial charge on any atom is 0.207 e. The zero-order chi connectivity index (χ0) is 16.7. The van der Waals surface area contributed by atoms with Crippen LogP contribution in [0.1, 0.15) is 22.3 Å². The molecule has 0 spiro atoms. The average Bonchev–Trinajstić information content (AvgIpc) is 2.55. The Bertz CT molecular complexity index is 652. The summed E-state index contributed by atoms with van der Waals surface area (Å²) in [5.41, 5.74) is 1.55. The number of hydrogen-bond acceptors (Lipinski definition) is 4. The van der Waals surface area contributed by atoms with Crippen LogP contribution in [0.3, 0.4) is 0 Å². The molecule has 0 amide bonds. The highest BCUT2D eigenvalue weighted by Gasteiger charge is 2.20. The summed E-state index contributed by atoms with van der Waals surface area (Å²) in [7, 11) is 1.59. The van der Waals surface area contributed by atoms with Crippen molar-refractivity contribution in [2.75, 3.05) is 13.7 Å². The minimum atomic E-state index is -0.355. The molecule has 2 aromatic rings. The van der Waals surface area contributed by atoms with E-state index in [9.17, 15) is 14.9 Å². The van der Waals surface area contributed by atoms with E-state index in [1.165, 1.54) is 0 Å². The summed E-state index contributed by atoms with van der Waals surface area (Å²) >= 11 is 0. The summed E-state index contributed by atoms with van der Waals surface area (Å²) in [5.74, 6) is 0.344. The highest BCUT2D eigenvalue weighted by atomic mass is 16.6. The van der Waals surface area contributed by atoms with Gasteiger partial charge in [-0.1, -0.05) is 42.5 Å². The average molecular weight is 313 g/mol. The van der Waals surface area contributed by atoms with E-state index < -0.39 is 0 Å². The predicted molar refractivity (Wildman–Crippen MR) is 87.4 cm³/mol.